The van der Waals surface area contributed by atoms with Crippen molar-refractivity contribution in [3.63, 3.8) is 0 Å². The number of halogens is 1. The second-order valence-electron chi connectivity index (χ2n) is 3.75. The van der Waals surface area contributed by atoms with Crippen LogP contribution in [-0.4, -0.2) is 32.8 Å². The summed E-state index contributed by atoms with van der Waals surface area (Å²) in [7, 11) is 0. The number of aliphatic hydroxyl groups excluding tert-OH is 1. The maximum absolute atomic E-state index is 9.38. The van der Waals surface area contributed by atoms with E-state index in [1.54, 1.807) is 24.7 Å². The minimum atomic E-state index is -0.941. The molecule has 0 saturated heterocycles. The lowest BCUT2D eigenvalue weighted by Crippen LogP contribution is -2.07. The van der Waals surface area contributed by atoms with Crippen LogP contribution < -0.4 is 0 Å². The number of benzene rings is 1. The van der Waals surface area contributed by atoms with Gasteiger partial charge in [-0.1, -0.05) is 23.7 Å². The van der Waals surface area contributed by atoms with Crippen LogP contribution in [0.25, 0.3) is 17.6 Å². The highest BCUT2D eigenvalue weighted by Crippen LogP contribution is 2.18. The lowest BCUT2D eigenvalue weighted by molar-refractivity contribution is -0.0583. The normalized spacial score (nSPS) is 13.0. The predicted molar refractivity (Wildman–Crippen MR) is 73.4 cm³/mol. The molecular formula is C13H14ClN3O2. The molecule has 0 fully saturated rings. The Hall–Kier alpha value is -1.69. The van der Waals surface area contributed by atoms with Crippen molar-refractivity contribution >= 4 is 17.8 Å². The third-order valence-electron chi connectivity index (χ3n) is 2.33. The Morgan fingerprint density at radius 3 is 3.11 bits per heavy atom. The van der Waals surface area contributed by atoms with Crippen molar-refractivity contribution < 1.29 is 9.84 Å². The number of nitrogens with zero attached hydrogens (tertiary/aromatic N) is 3. The number of hydrogen-bond acceptors (Lipinski definition) is 4. The van der Waals surface area contributed by atoms with Gasteiger partial charge in [0, 0.05) is 23.4 Å². The molecule has 1 aromatic carbocycles. The third-order valence-corrected chi connectivity index (χ3v) is 2.57. The molecular weight excluding hydrogens is 266 g/mol. The Morgan fingerprint density at radius 2 is 2.37 bits per heavy atom. The molecule has 1 unspecified atom stereocenters. The van der Waals surface area contributed by atoms with Crippen LogP contribution in [0, 0.1) is 0 Å². The van der Waals surface area contributed by atoms with Crippen molar-refractivity contribution in [2.45, 2.75) is 13.2 Å². The van der Waals surface area contributed by atoms with Gasteiger partial charge in [0.2, 0.25) is 0 Å². The van der Waals surface area contributed by atoms with Crippen molar-refractivity contribution in [2.24, 2.45) is 0 Å². The Labute approximate surface area is 116 Å². The quantitative estimate of drug-likeness (QED) is 0.854. The van der Waals surface area contributed by atoms with Gasteiger partial charge in [-0.05, 0) is 25.1 Å². The van der Waals surface area contributed by atoms with Crippen molar-refractivity contribution in [3.8, 4) is 11.4 Å². The minimum absolute atomic E-state index is 0.441. The van der Waals surface area contributed by atoms with E-state index < -0.39 is 6.29 Å². The Kier molecular flexibility index (Phi) is 4.68. The van der Waals surface area contributed by atoms with E-state index in [0.717, 1.165) is 5.56 Å². The molecule has 100 valence electrons. The second kappa shape index (κ2) is 6.47. The van der Waals surface area contributed by atoms with Crippen LogP contribution >= 0.6 is 11.6 Å². The molecule has 1 N–H and O–H groups in total. The molecule has 0 radical (unpaired) electrons. The van der Waals surface area contributed by atoms with Crippen molar-refractivity contribution in [3.05, 3.63) is 41.7 Å². The lowest BCUT2D eigenvalue weighted by atomic mass is 10.2. The van der Waals surface area contributed by atoms with Crippen LogP contribution in [0.3, 0.4) is 0 Å². The van der Waals surface area contributed by atoms with E-state index >= 15 is 0 Å². The van der Waals surface area contributed by atoms with Gasteiger partial charge in [-0.2, -0.15) is 0 Å². The molecule has 5 nitrogen and oxygen atoms in total. The highest BCUT2D eigenvalue weighted by Gasteiger charge is 2.03. The zero-order valence-electron chi connectivity index (χ0n) is 10.4. The summed E-state index contributed by atoms with van der Waals surface area (Å²) >= 11 is 5.91. The predicted octanol–water partition coefficient (Wildman–Crippen LogP) is 2.42. The molecule has 0 aliphatic rings. The van der Waals surface area contributed by atoms with E-state index in [4.69, 9.17) is 16.3 Å². The van der Waals surface area contributed by atoms with Crippen LogP contribution in [0.15, 0.2) is 36.7 Å². The van der Waals surface area contributed by atoms with E-state index in [1.165, 1.54) is 10.8 Å². The SMILES string of the molecule is CCOC(O)C=Cn1cnc(-c2cccc(Cl)c2)n1. The van der Waals surface area contributed by atoms with E-state index in [-0.39, 0.29) is 0 Å². The van der Waals surface area contributed by atoms with Crippen LogP contribution in [0.4, 0.5) is 0 Å². The fourth-order valence-corrected chi connectivity index (χ4v) is 1.68. The van der Waals surface area contributed by atoms with Crippen molar-refractivity contribution in [2.75, 3.05) is 6.61 Å². The third kappa shape index (κ3) is 3.89. The maximum atomic E-state index is 9.38. The molecule has 0 spiro atoms. The van der Waals surface area contributed by atoms with Crippen LogP contribution in [0.2, 0.25) is 5.02 Å². The van der Waals surface area contributed by atoms with Gasteiger partial charge in [0.15, 0.2) is 12.1 Å². The summed E-state index contributed by atoms with van der Waals surface area (Å²) in [5, 5.41) is 14.3. The molecule has 0 saturated carbocycles. The van der Waals surface area contributed by atoms with Gasteiger partial charge < -0.3 is 9.84 Å². The molecule has 0 bridgehead atoms. The van der Waals surface area contributed by atoms with Crippen LogP contribution in [-0.2, 0) is 4.74 Å². The fourth-order valence-electron chi connectivity index (χ4n) is 1.49. The van der Waals surface area contributed by atoms with Crippen LogP contribution in [0.1, 0.15) is 6.92 Å². The first-order valence-corrected chi connectivity index (χ1v) is 6.22. The molecule has 0 amide bonds. The monoisotopic (exact) mass is 279 g/mol. The largest absolute Gasteiger partial charge is 0.365 e. The molecule has 1 atom stereocenters. The van der Waals surface area contributed by atoms with Gasteiger partial charge in [0.1, 0.15) is 6.33 Å². The molecule has 0 aliphatic carbocycles. The first kappa shape index (κ1) is 13.7. The zero-order valence-corrected chi connectivity index (χ0v) is 11.2. The number of hydrogen-bond donors (Lipinski definition) is 1. The number of aliphatic hydroxyl groups is 1. The van der Waals surface area contributed by atoms with E-state index in [0.29, 0.717) is 17.5 Å². The number of aromatic nitrogens is 3. The van der Waals surface area contributed by atoms with Crippen molar-refractivity contribution in [1.29, 1.82) is 0 Å². The molecule has 0 aliphatic heterocycles. The Balaban J connectivity index is 2.11. The summed E-state index contributed by atoms with van der Waals surface area (Å²) in [5.74, 6) is 0.568. The molecule has 2 aromatic rings. The molecule has 1 heterocycles. The Morgan fingerprint density at radius 1 is 1.53 bits per heavy atom. The first-order valence-electron chi connectivity index (χ1n) is 5.84. The number of ether oxygens (including phenoxy) is 1. The van der Waals surface area contributed by atoms with Gasteiger partial charge in [-0.25, -0.2) is 9.67 Å². The van der Waals surface area contributed by atoms with E-state index in [9.17, 15) is 5.11 Å². The maximum Gasteiger partial charge on any atom is 0.181 e. The smallest absolute Gasteiger partial charge is 0.181 e. The molecule has 6 heteroatoms. The van der Waals surface area contributed by atoms with E-state index in [2.05, 4.69) is 10.1 Å². The highest BCUT2D eigenvalue weighted by molar-refractivity contribution is 6.30. The summed E-state index contributed by atoms with van der Waals surface area (Å²) < 4.78 is 6.46. The topological polar surface area (TPSA) is 60.2 Å². The molecule has 19 heavy (non-hydrogen) atoms. The van der Waals surface area contributed by atoms with Gasteiger partial charge >= 0.3 is 0 Å². The van der Waals surface area contributed by atoms with Gasteiger partial charge in [0.05, 0.1) is 0 Å². The summed E-state index contributed by atoms with van der Waals surface area (Å²) in [6.45, 7) is 2.25. The minimum Gasteiger partial charge on any atom is -0.365 e. The van der Waals surface area contributed by atoms with Gasteiger partial charge in [0.25, 0.3) is 0 Å². The fraction of sp³-hybridized carbons (Fsp3) is 0.231. The average molecular weight is 280 g/mol. The summed E-state index contributed by atoms with van der Waals surface area (Å²) in [6, 6.07) is 7.30. The molecule has 1 aromatic heterocycles. The Bertz CT molecular complexity index is 569. The zero-order chi connectivity index (χ0) is 13.7. The molecule has 2 rings (SSSR count). The first-order chi connectivity index (χ1) is 9.19. The number of rotatable bonds is 5. The summed E-state index contributed by atoms with van der Waals surface area (Å²) in [6.07, 6.45) is 3.68. The van der Waals surface area contributed by atoms with Gasteiger partial charge in [-0.3, -0.25) is 0 Å². The lowest BCUT2D eigenvalue weighted by Gasteiger charge is -2.03. The highest BCUT2D eigenvalue weighted by atomic mass is 35.5. The van der Waals surface area contributed by atoms with Crippen molar-refractivity contribution in [1.82, 2.24) is 14.8 Å². The average Bonchev–Trinajstić information content (AvgIpc) is 2.85. The summed E-state index contributed by atoms with van der Waals surface area (Å²) in [4.78, 5) is 4.17. The second-order valence-corrected chi connectivity index (χ2v) is 4.18. The van der Waals surface area contributed by atoms with E-state index in [1.807, 2.05) is 19.1 Å². The summed E-state index contributed by atoms with van der Waals surface area (Å²) in [5.41, 5.74) is 0.838. The van der Waals surface area contributed by atoms with Gasteiger partial charge in [-0.15, -0.1) is 5.10 Å². The van der Waals surface area contributed by atoms with Crippen LogP contribution in [0.5, 0.6) is 0 Å². The standard InChI is InChI=1S/C13H14ClN3O2/c1-2-19-12(18)6-7-17-9-15-13(16-17)10-4-3-5-11(14)8-10/h3-9,12,18H,2H2,1H3.